The van der Waals surface area contributed by atoms with Gasteiger partial charge in [0.2, 0.25) is 5.75 Å². The molecule has 2 heterocycles. The molecule has 45 heavy (non-hydrogen) atoms. The number of benzene rings is 3. The van der Waals surface area contributed by atoms with Crippen LogP contribution in [-0.2, 0) is 11.3 Å². The van der Waals surface area contributed by atoms with E-state index in [4.69, 9.17) is 23.4 Å². The summed E-state index contributed by atoms with van der Waals surface area (Å²) in [5.41, 5.74) is 2.38. The first-order valence-corrected chi connectivity index (χ1v) is 15.2. The molecule has 1 saturated heterocycles. The van der Waals surface area contributed by atoms with Gasteiger partial charge in [-0.05, 0) is 25.1 Å². The summed E-state index contributed by atoms with van der Waals surface area (Å²) in [6.45, 7) is 11.3. The second-order valence-corrected chi connectivity index (χ2v) is 12.2. The second kappa shape index (κ2) is 13.7. The Kier molecular flexibility index (Phi) is 9.80. The van der Waals surface area contributed by atoms with Gasteiger partial charge in [-0.2, -0.15) is 0 Å². The molecule has 9 nitrogen and oxygen atoms in total. The molecule has 0 atom stereocenters. The molecule has 1 aromatic heterocycles. The number of nitrogens with zero attached hydrogens (tertiary/aromatic N) is 2. The Labute approximate surface area is 264 Å². The topological polar surface area (TPSA) is 90.7 Å². The Hall–Kier alpha value is -4.34. The highest BCUT2D eigenvalue weighted by atomic mass is 16.5. The van der Waals surface area contributed by atoms with E-state index in [9.17, 15) is 9.59 Å². The van der Waals surface area contributed by atoms with E-state index in [1.54, 1.807) is 46.5 Å². The van der Waals surface area contributed by atoms with E-state index < -0.39 is 5.97 Å². The van der Waals surface area contributed by atoms with Crippen LogP contribution in [-0.4, -0.2) is 76.4 Å². The van der Waals surface area contributed by atoms with Crippen LogP contribution in [0.1, 0.15) is 35.3 Å². The largest absolute Gasteiger partial charge is 0.493 e. The van der Waals surface area contributed by atoms with Gasteiger partial charge in [0.25, 0.3) is 0 Å². The average Bonchev–Trinajstić information content (AvgIpc) is 3.05. The summed E-state index contributed by atoms with van der Waals surface area (Å²) < 4.78 is 28.7. The third-order valence-corrected chi connectivity index (χ3v) is 8.29. The van der Waals surface area contributed by atoms with Gasteiger partial charge in [-0.15, -0.1) is 0 Å². The fourth-order valence-electron chi connectivity index (χ4n) is 5.96. The van der Waals surface area contributed by atoms with Gasteiger partial charge in [-0.3, -0.25) is 9.69 Å². The van der Waals surface area contributed by atoms with Gasteiger partial charge in [-0.25, -0.2) is 4.79 Å². The zero-order valence-corrected chi connectivity index (χ0v) is 27.0. The summed E-state index contributed by atoms with van der Waals surface area (Å²) in [6, 6.07) is 18.4. The molecule has 0 aliphatic carbocycles. The van der Waals surface area contributed by atoms with Crippen LogP contribution in [0.3, 0.4) is 0 Å². The van der Waals surface area contributed by atoms with E-state index in [1.807, 2.05) is 42.5 Å². The van der Waals surface area contributed by atoms with Gasteiger partial charge < -0.3 is 28.3 Å². The Morgan fingerprint density at radius 3 is 2.20 bits per heavy atom. The van der Waals surface area contributed by atoms with E-state index in [2.05, 4.69) is 23.6 Å². The van der Waals surface area contributed by atoms with E-state index in [1.165, 1.54) is 0 Å². The highest BCUT2D eigenvalue weighted by Gasteiger charge is 2.28. The van der Waals surface area contributed by atoms with Gasteiger partial charge in [0, 0.05) is 61.4 Å². The number of carbonyl (C=O) groups is 1. The molecule has 1 fully saturated rings. The number of piperazine rings is 1. The molecule has 1 aliphatic heterocycles. The molecule has 4 aromatic rings. The first-order chi connectivity index (χ1) is 21.7. The van der Waals surface area contributed by atoms with Crippen molar-refractivity contribution in [3.63, 3.8) is 0 Å². The van der Waals surface area contributed by atoms with Gasteiger partial charge in [0.05, 0.1) is 33.3 Å². The SMILES string of the molecule is COc1ccc(CN2CCN(CC(C)(C)COC(=O)c3cccc4c(=O)c(C)c(-c5ccccc5)oc34)CC2)c(OC)c1OC. The molecule has 9 heteroatoms. The normalized spacial score (nSPS) is 14.4. The highest BCUT2D eigenvalue weighted by Crippen LogP contribution is 2.40. The summed E-state index contributed by atoms with van der Waals surface area (Å²) in [6.07, 6.45) is 0. The maximum absolute atomic E-state index is 13.4. The molecular weight excluding hydrogens is 572 g/mol. The van der Waals surface area contributed by atoms with Crippen LogP contribution in [0.5, 0.6) is 17.2 Å². The second-order valence-electron chi connectivity index (χ2n) is 12.2. The minimum absolute atomic E-state index is 0.159. The van der Waals surface area contributed by atoms with Crippen molar-refractivity contribution in [3.05, 3.63) is 87.6 Å². The number of esters is 1. The van der Waals surface area contributed by atoms with Crippen LogP contribution in [0.2, 0.25) is 0 Å². The minimum atomic E-state index is -0.506. The fourth-order valence-corrected chi connectivity index (χ4v) is 5.96. The van der Waals surface area contributed by atoms with E-state index in [0.29, 0.717) is 34.0 Å². The Balaban J connectivity index is 1.21. The van der Waals surface area contributed by atoms with Gasteiger partial charge >= 0.3 is 5.97 Å². The number of hydrogen-bond donors (Lipinski definition) is 0. The van der Waals surface area contributed by atoms with Crippen molar-refractivity contribution in [2.24, 2.45) is 5.41 Å². The highest BCUT2D eigenvalue weighted by molar-refractivity contribution is 6.02. The van der Waals surface area contributed by atoms with Crippen LogP contribution >= 0.6 is 0 Å². The molecule has 0 unspecified atom stereocenters. The summed E-state index contributed by atoms with van der Waals surface area (Å²) in [5, 5.41) is 0.365. The monoisotopic (exact) mass is 614 g/mol. The number of rotatable bonds is 11. The molecule has 0 N–H and O–H groups in total. The predicted octanol–water partition coefficient (Wildman–Crippen LogP) is 5.80. The average molecular weight is 615 g/mol. The summed E-state index contributed by atoms with van der Waals surface area (Å²) in [7, 11) is 4.88. The lowest BCUT2D eigenvalue weighted by Crippen LogP contribution is -2.49. The molecule has 0 saturated carbocycles. The summed E-state index contributed by atoms with van der Waals surface area (Å²) >= 11 is 0. The lowest BCUT2D eigenvalue weighted by atomic mass is 9.93. The van der Waals surface area contributed by atoms with Crippen LogP contribution in [0, 0.1) is 12.3 Å². The fraction of sp³-hybridized carbons (Fsp3) is 0.389. The molecule has 0 radical (unpaired) electrons. The number of carbonyl (C=O) groups excluding carboxylic acids is 1. The van der Waals surface area contributed by atoms with Crippen molar-refractivity contribution in [3.8, 4) is 28.6 Å². The first kappa shape index (κ1) is 32.1. The molecule has 238 valence electrons. The third kappa shape index (κ3) is 7.00. The van der Waals surface area contributed by atoms with Crippen molar-refractivity contribution in [2.45, 2.75) is 27.3 Å². The van der Waals surface area contributed by atoms with E-state index in [0.717, 1.165) is 50.4 Å². The summed E-state index contributed by atoms with van der Waals surface area (Å²) in [4.78, 5) is 31.4. The van der Waals surface area contributed by atoms with Gasteiger partial charge in [0.15, 0.2) is 22.5 Å². The number of fused-ring (bicyclic) bond motifs is 1. The minimum Gasteiger partial charge on any atom is -0.493 e. The number of methoxy groups -OCH3 is 3. The lowest BCUT2D eigenvalue weighted by Gasteiger charge is -2.38. The molecular formula is C36H42N2O7. The number of hydrogen-bond acceptors (Lipinski definition) is 9. The van der Waals surface area contributed by atoms with Crippen LogP contribution < -0.4 is 19.6 Å². The predicted molar refractivity (Wildman–Crippen MR) is 175 cm³/mol. The smallest absolute Gasteiger partial charge is 0.341 e. The standard InChI is InChI=1S/C36H42N2O7/c1-24-30(39)27-13-10-14-28(33(27)45-31(24)25-11-8-7-9-12-25)35(40)44-23-36(2,3)22-38-19-17-37(18-20-38)21-26-15-16-29(41-4)34(43-6)32(26)42-5/h7-16H,17-23H2,1-6H3. The van der Waals surface area contributed by atoms with Crippen LogP contribution in [0.25, 0.3) is 22.3 Å². The lowest BCUT2D eigenvalue weighted by molar-refractivity contribution is 0.0207. The Morgan fingerprint density at radius 2 is 1.53 bits per heavy atom. The van der Waals surface area contributed by atoms with Crippen LogP contribution in [0.4, 0.5) is 0 Å². The van der Waals surface area contributed by atoms with E-state index >= 15 is 0 Å². The molecule has 0 bridgehead atoms. The zero-order valence-electron chi connectivity index (χ0n) is 27.0. The van der Waals surface area contributed by atoms with Gasteiger partial charge in [0.1, 0.15) is 11.3 Å². The summed E-state index contributed by atoms with van der Waals surface area (Å²) in [5.74, 6) is 1.89. The van der Waals surface area contributed by atoms with Gasteiger partial charge in [-0.1, -0.05) is 56.3 Å². The maximum atomic E-state index is 13.4. The Bertz CT molecular complexity index is 1710. The molecule has 3 aromatic carbocycles. The first-order valence-electron chi connectivity index (χ1n) is 15.2. The van der Waals surface area contributed by atoms with Crippen molar-refractivity contribution < 1.29 is 28.2 Å². The van der Waals surface area contributed by atoms with Crippen LogP contribution in [0.15, 0.2) is 69.9 Å². The van der Waals surface area contributed by atoms with Crippen molar-refractivity contribution in [2.75, 3.05) is 60.7 Å². The molecule has 5 rings (SSSR count). The Morgan fingerprint density at radius 1 is 0.844 bits per heavy atom. The van der Waals surface area contributed by atoms with Crippen molar-refractivity contribution in [1.29, 1.82) is 0 Å². The van der Waals surface area contributed by atoms with E-state index in [-0.39, 0.29) is 28.6 Å². The number of para-hydroxylation sites is 1. The maximum Gasteiger partial charge on any atom is 0.341 e. The number of ether oxygens (including phenoxy) is 4. The zero-order chi connectivity index (χ0) is 32.1. The van der Waals surface area contributed by atoms with Crippen molar-refractivity contribution >= 4 is 16.9 Å². The third-order valence-electron chi connectivity index (χ3n) is 8.29. The van der Waals surface area contributed by atoms with Crippen molar-refractivity contribution in [1.82, 2.24) is 9.80 Å². The molecule has 0 amide bonds. The quantitative estimate of drug-likeness (QED) is 0.195. The molecule has 1 aliphatic rings. The molecule has 0 spiro atoms.